The van der Waals surface area contributed by atoms with Crippen molar-refractivity contribution in [3.63, 3.8) is 0 Å². The summed E-state index contributed by atoms with van der Waals surface area (Å²) in [5, 5.41) is 9.93. The highest BCUT2D eigenvalue weighted by atomic mass is 16.3. The predicted molar refractivity (Wildman–Crippen MR) is 68.3 cm³/mol. The molecule has 1 aromatic carbocycles. The molecule has 2 rings (SSSR count). The molecular weight excluding hydrogens is 212 g/mol. The summed E-state index contributed by atoms with van der Waals surface area (Å²) in [6.07, 6.45) is 4.28. The molecule has 1 N–H and O–H groups in total. The van der Waals surface area contributed by atoms with Crippen LogP contribution >= 0.6 is 0 Å². The van der Waals surface area contributed by atoms with E-state index in [0.717, 1.165) is 0 Å². The predicted octanol–water partition coefficient (Wildman–Crippen LogP) is 3.30. The third kappa shape index (κ3) is 2.42. The van der Waals surface area contributed by atoms with Crippen LogP contribution in [0.1, 0.15) is 61.4 Å². The van der Waals surface area contributed by atoms with Crippen LogP contribution in [0.2, 0.25) is 0 Å². The second-order valence-corrected chi connectivity index (χ2v) is 5.21. The van der Waals surface area contributed by atoms with E-state index in [-0.39, 0.29) is 5.78 Å². The Hall–Kier alpha value is -1.15. The molecule has 1 aliphatic rings. The maximum Gasteiger partial charge on any atom is 0.194 e. The van der Waals surface area contributed by atoms with Gasteiger partial charge in [-0.05, 0) is 37.7 Å². The summed E-state index contributed by atoms with van der Waals surface area (Å²) < 4.78 is 0. The van der Waals surface area contributed by atoms with Crippen LogP contribution in [0.4, 0.5) is 0 Å². The topological polar surface area (TPSA) is 37.3 Å². The van der Waals surface area contributed by atoms with E-state index in [4.69, 9.17) is 0 Å². The molecule has 0 radical (unpaired) electrons. The monoisotopic (exact) mass is 232 g/mol. The quantitative estimate of drug-likeness (QED) is 0.809. The van der Waals surface area contributed by atoms with Gasteiger partial charge in [0.1, 0.15) is 5.60 Å². The summed E-state index contributed by atoms with van der Waals surface area (Å²) in [5.41, 5.74) is 0.696. The van der Waals surface area contributed by atoms with Gasteiger partial charge in [-0.15, -0.1) is 0 Å². The van der Waals surface area contributed by atoms with Gasteiger partial charge in [0.05, 0.1) is 0 Å². The first kappa shape index (κ1) is 12.3. The molecule has 92 valence electrons. The van der Waals surface area contributed by atoms with E-state index >= 15 is 0 Å². The number of Topliss-reactive ketones (excluding diaryl/α,β-unsaturated/α-hetero) is 1. The van der Waals surface area contributed by atoms with Crippen molar-refractivity contribution in [1.82, 2.24) is 0 Å². The minimum Gasteiger partial charge on any atom is -0.382 e. The van der Waals surface area contributed by atoms with Gasteiger partial charge < -0.3 is 5.11 Å². The molecule has 0 aliphatic heterocycles. The maximum atomic E-state index is 12.0. The van der Waals surface area contributed by atoms with E-state index in [2.05, 4.69) is 0 Å². The van der Waals surface area contributed by atoms with Crippen LogP contribution in [0.25, 0.3) is 0 Å². The smallest absolute Gasteiger partial charge is 0.194 e. The fraction of sp³-hybridized carbons (Fsp3) is 0.533. The molecule has 17 heavy (non-hydrogen) atoms. The van der Waals surface area contributed by atoms with Crippen molar-refractivity contribution >= 4 is 5.78 Å². The number of hydrogen-bond donors (Lipinski definition) is 1. The van der Waals surface area contributed by atoms with Crippen LogP contribution in [0, 0.1) is 0 Å². The first-order valence-electron chi connectivity index (χ1n) is 6.41. The van der Waals surface area contributed by atoms with Crippen molar-refractivity contribution in [3.05, 3.63) is 35.4 Å². The lowest BCUT2D eigenvalue weighted by Gasteiger charge is -2.26. The average molecular weight is 232 g/mol. The highest BCUT2D eigenvalue weighted by Gasteiger charge is 2.29. The van der Waals surface area contributed by atoms with E-state index in [0.29, 0.717) is 17.9 Å². The first-order chi connectivity index (χ1) is 8.04. The molecule has 0 heterocycles. The lowest BCUT2D eigenvalue weighted by molar-refractivity contribution is 0.0390. The van der Waals surface area contributed by atoms with Crippen LogP contribution in [-0.2, 0) is 0 Å². The first-order valence-corrected chi connectivity index (χ1v) is 6.41. The zero-order chi connectivity index (χ0) is 12.5. The Labute approximate surface area is 103 Å². The Kier molecular flexibility index (Phi) is 3.34. The third-order valence-corrected chi connectivity index (χ3v) is 3.93. The zero-order valence-corrected chi connectivity index (χ0v) is 10.6. The molecule has 1 saturated carbocycles. The Balaban J connectivity index is 2.14. The summed E-state index contributed by atoms with van der Waals surface area (Å²) >= 11 is 0. The van der Waals surface area contributed by atoms with Gasteiger partial charge in [0.25, 0.3) is 0 Å². The van der Waals surface area contributed by atoms with E-state index in [1.54, 1.807) is 6.92 Å². The SMILES string of the molecule is CCC(C)(O)C(=O)c1ccc(C2CCC2)cc1. The number of hydrogen-bond acceptors (Lipinski definition) is 2. The highest BCUT2D eigenvalue weighted by molar-refractivity contribution is 6.02. The van der Waals surface area contributed by atoms with Crippen molar-refractivity contribution in [2.24, 2.45) is 0 Å². The van der Waals surface area contributed by atoms with Gasteiger partial charge in [0.15, 0.2) is 5.78 Å². The second kappa shape index (κ2) is 4.61. The van der Waals surface area contributed by atoms with E-state index in [9.17, 15) is 9.90 Å². The average Bonchev–Trinajstić information content (AvgIpc) is 2.27. The number of aliphatic hydroxyl groups is 1. The van der Waals surface area contributed by atoms with Crippen molar-refractivity contribution in [2.45, 2.75) is 51.0 Å². The van der Waals surface area contributed by atoms with Crippen LogP contribution < -0.4 is 0 Å². The number of ketones is 1. The number of rotatable bonds is 4. The summed E-state index contributed by atoms with van der Waals surface area (Å²) in [5.74, 6) is 0.506. The molecule has 0 amide bonds. The molecule has 2 heteroatoms. The van der Waals surface area contributed by atoms with E-state index in [1.165, 1.54) is 24.8 Å². The van der Waals surface area contributed by atoms with Crippen LogP contribution in [0.15, 0.2) is 24.3 Å². The lowest BCUT2D eigenvalue weighted by Crippen LogP contribution is -2.34. The molecule has 1 unspecified atom stereocenters. The Bertz CT molecular complexity index is 399. The Morgan fingerprint density at radius 1 is 1.35 bits per heavy atom. The maximum absolute atomic E-state index is 12.0. The number of carbonyl (C=O) groups excluding carboxylic acids is 1. The van der Waals surface area contributed by atoms with Gasteiger partial charge in [-0.3, -0.25) is 4.79 Å². The van der Waals surface area contributed by atoms with Gasteiger partial charge in [-0.1, -0.05) is 37.6 Å². The van der Waals surface area contributed by atoms with Crippen molar-refractivity contribution in [3.8, 4) is 0 Å². The van der Waals surface area contributed by atoms with Gasteiger partial charge in [0.2, 0.25) is 0 Å². The van der Waals surface area contributed by atoms with E-state index in [1.807, 2.05) is 31.2 Å². The molecule has 1 fully saturated rings. The van der Waals surface area contributed by atoms with Gasteiger partial charge in [0, 0.05) is 5.56 Å². The molecule has 1 aliphatic carbocycles. The fourth-order valence-corrected chi connectivity index (χ4v) is 2.12. The van der Waals surface area contributed by atoms with Crippen LogP contribution in [-0.4, -0.2) is 16.5 Å². The van der Waals surface area contributed by atoms with Crippen LogP contribution in [0.3, 0.4) is 0 Å². The minimum absolute atomic E-state index is 0.180. The van der Waals surface area contributed by atoms with Gasteiger partial charge >= 0.3 is 0 Å². The summed E-state index contributed by atoms with van der Waals surface area (Å²) in [6, 6.07) is 7.76. The normalized spacial score (nSPS) is 19.5. The zero-order valence-electron chi connectivity index (χ0n) is 10.6. The van der Waals surface area contributed by atoms with Crippen molar-refractivity contribution in [2.75, 3.05) is 0 Å². The molecular formula is C15H20O2. The second-order valence-electron chi connectivity index (χ2n) is 5.21. The standard InChI is InChI=1S/C15H20O2/c1-3-15(2,17)14(16)13-9-7-12(8-10-13)11-5-4-6-11/h7-11,17H,3-6H2,1-2H3. The molecule has 0 saturated heterocycles. The van der Waals surface area contributed by atoms with Gasteiger partial charge in [-0.25, -0.2) is 0 Å². The van der Waals surface area contributed by atoms with Crippen molar-refractivity contribution in [1.29, 1.82) is 0 Å². The van der Waals surface area contributed by atoms with Gasteiger partial charge in [-0.2, -0.15) is 0 Å². The fourth-order valence-electron chi connectivity index (χ4n) is 2.12. The summed E-state index contributed by atoms with van der Waals surface area (Å²) in [7, 11) is 0. The van der Waals surface area contributed by atoms with Crippen LogP contribution in [0.5, 0.6) is 0 Å². The molecule has 1 aromatic rings. The number of benzene rings is 1. The summed E-state index contributed by atoms with van der Waals surface area (Å²) in [6.45, 7) is 3.40. The van der Waals surface area contributed by atoms with E-state index < -0.39 is 5.60 Å². The Morgan fingerprint density at radius 3 is 2.35 bits per heavy atom. The third-order valence-electron chi connectivity index (χ3n) is 3.93. The van der Waals surface area contributed by atoms with Crippen molar-refractivity contribution < 1.29 is 9.90 Å². The Morgan fingerprint density at radius 2 is 1.94 bits per heavy atom. The molecule has 2 nitrogen and oxygen atoms in total. The number of carbonyl (C=O) groups is 1. The largest absolute Gasteiger partial charge is 0.382 e. The summed E-state index contributed by atoms with van der Waals surface area (Å²) in [4.78, 5) is 12.0. The molecule has 0 aromatic heterocycles. The molecule has 1 atom stereocenters. The highest BCUT2D eigenvalue weighted by Crippen LogP contribution is 2.36. The lowest BCUT2D eigenvalue weighted by atomic mass is 9.79. The molecule has 0 spiro atoms. The molecule has 0 bridgehead atoms. The minimum atomic E-state index is -1.24.